The fourth-order valence-electron chi connectivity index (χ4n) is 6.40. The van der Waals surface area contributed by atoms with Crippen LogP contribution in [0.3, 0.4) is 0 Å². The largest absolute Gasteiger partial charge is 0.497 e. The first-order valence-corrected chi connectivity index (χ1v) is 14.0. The molecule has 2 unspecified atom stereocenters. The van der Waals surface area contributed by atoms with E-state index in [0.29, 0.717) is 11.8 Å². The molecule has 0 amide bonds. The molecule has 210 valence electrons. The van der Waals surface area contributed by atoms with Crippen molar-refractivity contribution in [3.8, 4) is 11.5 Å². The van der Waals surface area contributed by atoms with Crippen LogP contribution in [0.4, 0.5) is 0 Å². The standard InChI is InChI=1S/C28H36N10O2/c1-39-25-11-7-21(8-12-25)27(37-31-19-29-33-37)23-5-3-15-35(17-23)36-16-4-6-24(18-36)28(38-32-20-30-34-38)22-9-13-26(40-2)14-10-22/h7-14,19-20,23-24,27-28H,3-6,15-18H2,1-2H3/t23-,24-,27?,28?/m0/s1. The minimum atomic E-state index is 0.00295. The highest BCUT2D eigenvalue weighted by atomic mass is 16.5. The second kappa shape index (κ2) is 12.1. The summed E-state index contributed by atoms with van der Waals surface area (Å²) in [6.45, 7) is 3.94. The van der Waals surface area contributed by atoms with Crippen LogP contribution in [-0.2, 0) is 0 Å². The van der Waals surface area contributed by atoms with Crippen LogP contribution in [0.15, 0.2) is 61.2 Å². The van der Waals surface area contributed by atoms with E-state index in [4.69, 9.17) is 9.47 Å². The summed E-state index contributed by atoms with van der Waals surface area (Å²) >= 11 is 0. The van der Waals surface area contributed by atoms with Crippen LogP contribution in [0.25, 0.3) is 0 Å². The molecule has 2 aliphatic rings. The molecule has 0 aliphatic carbocycles. The molecule has 6 rings (SSSR count). The van der Waals surface area contributed by atoms with Crippen molar-refractivity contribution in [3.63, 3.8) is 0 Å². The van der Waals surface area contributed by atoms with E-state index in [1.165, 1.54) is 23.8 Å². The third-order valence-corrected chi connectivity index (χ3v) is 8.31. The molecule has 2 aromatic carbocycles. The number of rotatable bonds is 9. The van der Waals surface area contributed by atoms with Gasteiger partial charge in [0.15, 0.2) is 12.7 Å². The van der Waals surface area contributed by atoms with Crippen LogP contribution >= 0.6 is 0 Å². The van der Waals surface area contributed by atoms with Crippen LogP contribution in [0, 0.1) is 11.8 Å². The van der Waals surface area contributed by atoms with Gasteiger partial charge in [0.1, 0.15) is 23.6 Å². The van der Waals surface area contributed by atoms with Crippen molar-refractivity contribution >= 4 is 0 Å². The summed E-state index contributed by atoms with van der Waals surface area (Å²) in [5, 5.41) is 30.7. The molecule has 12 heteroatoms. The number of benzene rings is 2. The fourth-order valence-corrected chi connectivity index (χ4v) is 6.40. The van der Waals surface area contributed by atoms with Crippen molar-refractivity contribution in [1.29, 1.82) is 0 Å². The Labute approximate surface area is 233 Å². The molecule has 12 nitrogen and oxygen atoms in total. The second-order valence-electron chi connectivity index (χ2n) is 10.6. The number of piperidine rings is 2. The van der Waals surface area contributed by atoms with Crippen LogP contribution in [-0.4, -0.2) is 90.8 Å². The van der Waals surface area contributed by atoms with Crippen molar-refractivity contribution in [1.82, 2.24) is 50.4 Å². The highest BCUT2D eigenvalue weighted by Gasteiger charge is 2.37. The van der Waals surface area contributed by atoms with Crippen molar-refractivity contribution in [2.45, 2.75) is 37.8 Å². The molecule has 0 radical (unpaired) electrons. The Balaban J connectivity index is 1.22. The molecule has 0 spiro atoms. The van der Waals surface area contributed by atoms with E-state index in [2.05, 4.69) is 65.1 Å². The molecule has 0 N–H and O–H groups in total. The lowest BCUT2D eigenvalue weighted by Crippen LogP contribution is -2.53. The van der Waals surface area contributed by atoms with Crippen molar-refractivity contribution in [3.05, 3.63) is 72.3 Å². The minimum absolute atomic E-state index is 0.00295. The summed E-state index contributed by atoms with van der Waals surface area (Å²) in [5.74, 6) is 2.36. The van der Waals surface area contributed by atoms with Gasteiger partial charge < -0.3 is 9.47 Å². The van der Waals surface area contributed by atoms with Gasteiger partial charge in [-0.25, -0.2) is 10.0 Å². The zero-order valence-electron chi connectivity index (χ0n) is 23.0. The van der Waals surface area contributed by atoms with Gasteiger partial charge in [-0.15, -0.1) is 20.4 Å². The summed E-state index contributed by atoms with van der Waals surface area (Å²) in [7, 11) is 3.38. The van der Waals surface area contributed by atoms with Gasteiger partial charge in [0, 0.05) is 38.0 Å². The number of methoxy groups -OCH3 is 2. The zero-order chi connectivity index (χ0) is 27.3. The number of hydrogen-bond acceptors (Lipinski definition) is 10. The van der Waals surface area contributed by atoms with E-state index in [-0.39, 0.29) is 12.1 Å². The van der Waals surface area contributed by atoms with E-state index >= 15 is 0 Å². The smallest absolute Gasteiger partial charge is 0.162 e. The Morgan fingerprint density at radius 1 is 0.650 bits per heavy atom. The van der Waals surface area contributed by atoms with E-state index < -0.39 is 0 Å². The van der Waals surface area contributed by atoms with E-state index in [0.717, 1.165) is 63.4 Å². The maximum absolute atomic E-state index is 5.40. The van der Waals surface area contributed by atoms with Crippen molar-refractivity contribution in [2.75, 3.05) is 40.4 Å². The van der Waals surface area contributed by atoms with Gasteiger partial charge in [0.25, 0.3) is 0 Å². The SMILES string of the molecule is COc1ccc(C([C@H]2CCCN(N3CCC[C@H](C(c4ccc(OC)cc4)n4ncnn4)C3)C2)n2ncnn2)cc1. The summed E-state index contributed by atoms with van der Waals surface area (Å²) in [4.78, 5) is 3.54. The average molecular weight is 545 g/mol. The molecule has 2 aromatic heterocycles. The lowest BCUT2D eigenvalue weighted by atomic mass is 9.86. The van der Waals surface area contributed by atoms with Crippen molar-refractivity contribution < 1.29 is 9.47 Å². The predicted molar refractivity (Wildman–Crippen MR) is 146 cm³/mol. The molecule has 0 bridgehead atoms. The van der Waals surface area contributed by atoms with Gasteiger partial charge in [0.05, 0.1) is 14.2 Å². The molecule has 0 saturated carbocycles. The number of ether oxygens (including phenoxy) is 2. The lowest BCUT2D eigenvalue weighted by molar-refractivity contribution is -0.0888. The Bertz CT molecular complexity index is 1210. The first-order chi connectivity index (χ1) is 19.7. The number of nitrogens with zero attached hydrogens (tertiary/aromatic N) is 10. The normalized spacial score (nSPS) is 22.1. The van der Waals surface area contributed by atoms with Gasteiger partial charge in [-0.1, -0.05) is 24.3 Å². The van der Waals surface area contributed by atoms with Gasteiger partial charge in [-0.05, 0) is 71.5 Å². The van der Waals surface area contributed by atoms with Gasteiger partial charge in [0.2, 0.25) is 0 Å². The quantitative estimate of drug-likeness (QED) is 0.312. The average Bonchev–Trinajstić information content (AvgIpc) is 3.74. The number of hydrogen-bond donors (Lipinski definition) is 0. The van der Waals surface area contributed by atoms with Gasteiger partial charge in [-0.3, -0.25) is 0 Å². The molecule has 4 atom stereocenters. The topological polar surface area (TPSA) is 112 Å². The number of tetrazole rings is 2. The summed E-state index contributed by atoms with van der Waals surface area (Å²) < 4.78 is 10.8. The van der Waals surface area contributed by atoms with Crippen LogP contribution in [0.1, 0.15) is 48.9 Å². The third kappa shape index (κ3) is 5.54. The molecular formula is C28H36N10O2. The zero-order valence-corrected chi connectivity index (χ0v) is 23.0. The molecule has 2 aliphatic heterocycles. The minimum Gasteiger partial charge on any atom is -0.497 e. The van der Waals surface area contributed by atoms with Crippen LogP contribution < -0.4 is 9.47 Å². The second-order valence-corrected chi connectivity index (χ2v) is 10.6. The first-order valence-electron chi connectivity index (χ1n) is 14.0. The Morgan fingerprint density at radius 3 is 1.43 bits per heavy atom. The first kappa shape index (κ1) is 26.3. The Hall–Kier alpha value is -3.90. The maximum atomic E-state index is 5.40. The van der Waals surface area contributed by atoms with Crippen LogP contribution in [0.5, 0.6) is 11.5 Å². The molecule has 4 aromatic rings. The summed E-state index contributed by atoms with van der Waals surface area (Å²) in [5.41, 5.74) is 2.33. The molecule has 4 heterocycles. The monoisotopic (exact) mass is 544 g/mol. The summed E-state index contributed by atoms with van der Waals surface area (Å²) in [6, 6.07) is 16.5. The molecule has 2 saturated heterocycles. The lowest BCUT2D eigenvalue weighted by Gasteiger charge is -2.46. The number of hydrazine groups is 1. The van der Waals surface area contributed by atoms with E-state index in [9.17, 15) is 0 Å². The van der Waals surface area contributed by atoms with Crippen LogP contribution in [0.2, 0.25) is 0 Å². The molecule has 2 fully saturated rings. The van der Waals surface area contributed by atoms with Gasteiger partial charge >= 0.3 is 0 Å². The Morgan fingerprint density at radius 2 is 1.07 bits per heavy atom. The van der Waals surface area contributed by atoms with E-state index in [1.807, 2.05) is 24.3 Å². The fraction of sp³-hybridized carbons (Fsp3) is 0.500. The van der Waals surface area contributed by atoms with E-state index in [1.54, 1.807) is 23.8 Å². The highest BCUT2D eigenvalue weighted by Crippen LogP contribution is 2.37. The predicted octanol–water partition coefficient (Wildman–Crippen LogP) is 2.89. The molecule has 40 heavy (non-hydrogen) atoms. The molecular weight excluding hydrogens is 508 g/mol. The third-order valence-electron chi connectivity index (χ3n) is 8.31. The van der Waals surface area contributed by atoms with Gasteiger partial charge in [-0.2, -0.15) is 9.59 Å². The maximum Gasteiger partial charge on any atom is 0.162 e. The van der Waals surface area contributed by atoms with Crippen molar-refractivity contribution in [2.24, 2.45) is 11.8 Å². The summed E-state index contributed by atoms with van der Waals surface area (Å²) in [6.07, 6.45) is 7.46. The number of aromatic nitrogens is 8. The Kier molecular flexibility index (Phi) is 7.96. The highest BCUT2D eigenvalue weighted by molar-refractivity contribution is 5.30.